The summed E-state index contributed by atoms with van der Waals surface area (Å²) in [5.74, 6) is -1.42. The molecule has 174 valence electrons. The second-order valence-electron chi connectivity index (χ2n) is 6.65. The van der Waals surface area contributed by atoms with Crippen LogP contribution < -0.4 is 20.2 Å². The molecule has 0 saturated carbocycles. The molecule has 0 saturated heterocycles. The predicted molar refractivity (Wildman–Crippen MR) is 118 cm³/mol. The Balaban J connectivity index is 2.21. The second kappa shape index (κ2) is 11.6. The van der Waals surface area contributed by atoms with Gasteiger partial charge in [-0.2, -0.15) is 10.4 Å². The van der Waals surface area contributed by atoms with Gasteiger partial charge in [-0.05, 0) is 25.0 Å². The highest BCUT2D eigenvalue weighted by Gasteiger charge is 2.17. The van der Waals surface area contributed by atoms with Crippen LogP contribution in [0.3, 0.4) is 0 Å². The highest BCUT2D eigenvalue weighted by Crippen LogP contribution is 2.36. The third-order valence-corrected chi connectivity index (χ3v) is 4.28. The lowest BCUT2D eigenvalue weighted by Crippen LogP contribution is -2.36. The number of nitriles is 1. The van der Waals surface area contributed by atoms with Crippen molar-refractivity contribution in [3.05, 3.63) is 40.8 Å². The first-order valence-electron chi connectivity index (χ1n) is 9.62. The zero-order chi connectivity index (χ0) is 24.5. The van der Waals surface area contributed by atoms with Crippen LogP contribution >= 0.6 is 11.6 Å². The van der Waals surface area contributed by atoms with E-state index in [4.69, 9.17) is 26.3 Å². The normalized spacial score (nSPS) is 10.9. The van der Waals surface area contributed by atoms with Crippen LogP contribution in [0.2, 0.25) is 5.02 Å². The van der Waals surface area contributed by atoms with Gasteiger partial charge in [-0.25, -0.2) is 14.2 Å². The van der Waals surface area contributed by atoms with E-state index in [1.807, 2.05) is 19.2 Å². The Morgan fingerprint density at radius 3 is 2.64 bits per heavy atom. The molecule has 2 amide bonds. The zero-order valence-electron chi connectivity index (χ0n) is 18.2. The average molecular weight is 478 g/mol. The molecule has 1 heterocycles. The van der Waals surface area contributed by atoms with Gasteiger partial charge in [0.05, 0.1) is 30.6 Å². The van der Waals surface area contributed by atoms with E-state index in [2.05, 4.69) is 20.2 Å². The minimum Gasteiger partial charge on any atom is -0.481 e. The number of ether oxygens (including phenoxy) is 3. The van der Waals surface area contributed by atoms with Crippen molar-refractivity contribution in [1.29, 1.82) is 5.26 Å². The average Bonchev–Trinajstić information content (AvgIpc) is 2.76. The molecule has 2 aromatic rings. The fourth-order valence-electron chi connectivity index (χ4n) is 2.49. The number of carbonyl (C=O) groups excluding carboxylic acids is 2. The summed E-state index contributed by atoms with van der Waals surface area (Å²) in [7, 11) is 1.50. The van der Waals surface area contributed by atoms with Crippen LogP contribution in [0.25, 0.3) is 0 Å². The lowest BCUT2D eigenvalue weighted by atomic mass is 10.1. The molecule has 0 spiro atoms. The summed E-state index contributed by atoms with van der Waals surface area (Å²) >= 11 is 6.16. The molecule has 0 atom stereocenters. The Labute approximate surface area is 194 Å². The Kier molecular flexibility index (Phi) is 8.94. The molecule has 2 rings (SSSR count). The molecular weight excluding hydrogens is 457 g/mol. The number of benzene rings is 1. The number of methoxy groups -OCH3 is 1. The van der Waals surface area contributed by atoms with E-state index >= 15 is 0 Å². The molecule has 2 N–H and O–H groups in total. The molecule has 0 fully saturated rings. The number of alkyl carbamates (subject to hydrolysis) is 1. The van der Waals surface area contributed by atoms with Crippen LogP contribution in [-0.4, -0.2) is 36.4 Å². The Hall–Kier alpha value is -3.91. The van der Waals surface area contributed by atoms with Crippen molar-refractivity contribution in [2.24, 2.45) is 5.10 Å². The van der Waals surface area contributed by atoms with Crippen LogP contribution in [0.1, 0.15) is 32.3 Å². The van der Waals surface area contributed by atoms with Gasteiger partial charge in [-0.1, -0.05) is 25.4 Å². The van der Waals surface area contributed by atoms with E-state index in [1.54, 1.807) is 13.0 Å². The topological polar surface area (TPSA) is 135 Å². The van der Waals surface area contributed by atoms with Crippen LogP contribution in [0, 0.1) is 17.1 Å². The summed E-state index contributed by atoms with van der Waals surface area (Å²) in [5.41, 5.74) is 2.44. The first-order valence-corrected chi connectivity index (χ1v) is 10.0. The first kappa shape index (κ1) is 25.4. The van der Waals surface area contributed by atoms with E-state index in [0.29, 0.717) is 5.88 Å². The number of amides is 2. The van der Waals surface area contributed by atoms with E-state index in [1.165, 1.54) is 25.4 Å². The van der Waals surface area contributed by atoms with Crippen molar-refractivity contribution in [3.8, 4) is 23.4 Å². The smallest absolute Gasteiger partial charge is 0.414 e. The van der Waals surface area contributed by atoms with Gasteiger partial charge in [0.2, 0.25) is 11.6 Å². The largest absolute Gasteiger partial charge is 0.481 e. The van der Waals surface area contributed by atoms with Crippen LogP contribution in [0.5, 0.6) is 17.4 Å². The molecule has 1 aromatic heterocycles. The maximum absolute atomic E-state index is 14.7. The number of imide groups is 1. The molecule has 33 heavy (non-hydrogen) atoms. The van der Waals surface area contributed by atoms with Gasteiger partial charge in [-0.3, -0.25) is 15.5 Å². The van der Waals surface area contributed by atoms with Crippen LogP contribution in [0.4, 0.5) is 14.9 Å². The summed E-state index contributed by atoms with van der Waals surface area (Å²) in [5, 5.41) is 14.3. The molecule has 0 bridgehead atoms. The molecule has 0 aliphatic carbocycles. The predicted octanol–water partition coefficient (Wildman–Crippen LogP) is 4.36. The summed E-state index contributed by atoms with van der Waals surface area (Å²) in [6.07, 6.45) is 0.341. The highest BCUT2D eigenvalue weighted by molar-refractivity contribution is 6.46. The van der Waals surface area contributed by atoms with Gasteiger partial charge in [0.15, 0.2) is 11.6 Å². The molecule has 0 aliphatic heterocycles. The first-order chi connectivity index (χ1) is 15.7. The fraction of sp³-hybridized carbons (Fsp3) is 0.286. The quantitative estimate of drug-likeness (QED) is 0.423. The lowest BCUT2D eigenvalue weighted by molar-refractivity contribution is -0.114. The minimum atomic E-state index is -1.09. The van der Waals surface area contributed by atoms with E-state index in [-0.39, 0.29) is 34.7 Å². The van der Waals surface area contributed by atoms with Gasteiger partial charge in [0, 0.05) is 11.6 Å². The third kappa shape index (κ3) is 6.78. The van der Waals surface area contributed by atoms with E-state index in [0.717, 1.165) is 11.6 Å². The number of hydrazone groups is 1. The summed E-state index contributed by atoms with van der Waals surface area (Å²) < 4.78 is 30.0. The third-order valence-electron chi connectivity index (χ3n) is 4.00. The Morgan fingerprint density at radius 2 is 2.06 bits per heavy atom. The number of nitrogens with zero attached hydrogens (tertiary/aromatic N) is 3. The number of halogens is 2. The summed E-state index contributed by atoms with van der Waals surface area (Å²) in [6.45, 7) is 5.47. The standard InChI is InChI=1S/C21H21ClFN5O5/c1-5-32-21(30)26-19(29)17(9-24)28-27-12-6-15(22)18(16(23)7-12)33-13-8-14(11(2)3)20(31-4)25-10-13/h6-8,10-11,27H,5H2,1-4H3,(H,26,29,30)/b28-17-. The monoisotopic (exact) mass is 477 g/mol. The van der Waals surface area contributed by atoms with Gasteiger partial charge >= 0.3 is 6.09 Å². The number of hydrogen-bond acceptors (Lipinski definition) is 9. The number of anilines is 1. The summed E-state index contributed by atoms with van der Waals surface area (Å²) in [6, 6.07) is 5.47. The van der Waals surface area contributed by atoms with Crippen LogP contribution in [0.15, 0.2) is 29.5 Å². The van der Waals surface area contributed by atoms with Crippen molar-refractivity contribution in [2.75, 3.05) is 19.1 Å². The molecule has 12 heteroatoms. The maximum atomic E-state index is 14.7. The van der Waals surface area contributed by atoms with Crippen molar-refractivity contribution < 1.29 is 28.2 Å². The van der Waals surface area contributed by atoms with Gasteiger partial charge in [0.1, 0.15) is 11.8 Å². The Morgan fingerprint density at radius 1 is 1.33 bits per heavy atom. The SMILES string of the molecule is CCOC(=O)NC(=O)/C(C#N)=N\Nc1cc(F)c(Oc2cnc(OC)c(C(C)C)c2)c(Cl)c1. The minimum absolute atomic E-state index is 0.0252. The highest BCUT2D eigenvalue weighted by atomic mass is 35.5. The van der Waals surface area contributed by atoms with Gasteiger partial charge in [-0.15, -0.1) is 0 Å². The molecule has 0 unspecified atom stereocenters. The van der Waals surface area contributed by atoms with Gasteiger partial charge in [0.25, 0.3) is 5.91 Å². The molecule has 1 aromatic carbocycles. The number of hydrogen-bond donors (Lipinski definition) is 2. The van der Waals surface area contributed by atoms with Crippen molar-refractivity contribution >= 4 is 35.0 Å². The molecule has 0 radical (unpaired) electrons. The zero-order valence-corrected chi connectivity index (χ0v) is 19.0. The Bertz CT molecular complexity index is 1090. The van der Waals surface area contributed by atoms with E-state index in [9.17, 15) is 14.0 Å². The van der Waals surface area contributed by atoms with Gasteiger partial charge < -0.3 is 14.2 Å². The number of pyridine rings is 1. The van der Waals surface area contributed by atoms with Crippen molar-refractivity contribution in [3.63, 3.8) is 0 Å². The number of aromatic nitrogens is 1. The fourth-order valence-corrected chi connectivity index (χ4v) is 2.74. The molecular formula is C21H21ClFN5O5. The maximum Gasteiger partial charge on any atom is 0.414 e. The van der Waals surface area contributed by atoms with Crippen LogP contribution in [-0.2, 0) is 9.53 Å². The van der Waals surface area contributed by atoms with Crippen molar-refractivity contribution in [2.45, 2.75) is 26.7 Å². The molecule has 0 aliphatic rings. The number of nitrogens with one attached hydrogen (secondary N) is 2. The lowest BCUT2D eigenvalue weighted by Gasteiger charge is -2.14. The summed E-state index contributed by atoms with van der Waals surface area (Å²) in [4.78, 5) is 27.3. The number of rotatable bonds is 8. The van der Waals surface area contributed by atoms with E-state index < -0.39 is 23.5 Å². The number of carbonyl (C=O) groups is 2. The molecule has 10 nitrogen and oxygen atoms in total. The van der Waals surface area contributed by atoms with Crippen molar-refractivity contribution in [1.82, 2.24) is 10.3 Å². The second-order valence-corrected chi connectivity index (χ2v) is 7.06.